The maximum atomic E-state index is 13.2. The van der Waals surface area contributed by atoms with Crippen molar-refractivity contribution >= 4 is 32.6 Å². The average molecular weight is 549 g/mol. The number of hydrogen-bond acceptors (Lipinski definition) is 9. The van der Waals surface area contributed by atoms with Crippen LogP contribution in [0.4, 0.5) is 0 Å². The highest BCUT2D eigenvalue weighted by Gasteiger charge is 2.61. The summed E-state index contributed by atoms with van der Waals surface area (Å²) in [6, 6.07) is 9.02. The molecule has 11 nitrogen and oxygen atoms in total. The Labute approximate surface area is 225 Å². The minimum absolute atomic E-state index is 0.298. The van der Waals surface area contributed by atoms with Gasteiger partial charge in [0.2, 0.25) is 21.8 Å². The van der Waals surface area contributed by atoms with E-state index in [9.17, 15) is 18.0 Å². The zero-order chi connectivity index (χ0) is 27.2. The fourth-order valence-corrected chi connectivity index (χ4v) is 6.36. The van der Waals surface area contributed by atoms with E-state index in [2.05, 4.69) is 31.9 Å². The van der Waals surface area contributed by atoms with Crippen LogP contribution in [0.2, 0.25) is 0 Å². The van der Waals surface area contributed by atoms with Crippen LogP contribution in [0, 0.1) is 5.92 Å². The summed E-state index contributed by atoms with van der Waals surface area (Å²) in [6.45, 7) is 4.12. The number of nitrogens with zero attached hydrogens (tertiary/aromatic N) is 3. The molecule has 3 N–H and O–H groups in total. The number of carbonyl (C=O) groups is 2. The Morgan fingerprint density at radius 3 is 2.72 bits per heavy atom. The fourth-order valence-electron chi connectivity index (χ4n) is 4.99. The van der Waals surface area contributed by atoms with Gasteiger partial charge in [-0.05, 0) is 36.8 Å². The summed E-state index contributed by atoms with van der Waals surface area (Å²) in [5.74, 6) is -1.02. The van der Waals surface area contributed by atoms with E-state index in [4.69, 9.17) is 9.72 Å². The van der Waals surface area contributed by atoms with Gasteiger partial charge in [-0.2, -0.15) is 0 Å². The first kappa shape index (κ1) is 25.4. The van der Waals surface area contributed by atoms with E-state index in [-0.39, 0.29) is 12.0 Å². The van der Waals surface area contributed by atoms with Gasteiger partial charge in [-0.25, -0.2) is 13.4 Å². The van der Waals surface area contributed by atoms with E-state index in [0.29, 0.717) is 49.5 Å². The van der Waals surface area contributed by atoms with Crippen molar-refractivity contribution in [1.82, 2.24) is 30.3 Å². The Morgan fingerprint density at radius 1 is 1.18 bits per heavy atom. The lowest BCUT2D eigenvalue weighted by atomic mass is 10.1. The van der Waals surface area contributed by atoms with Crippen molar-refractivity contribution < 1.29 is 22.7 Å². The molecule has 2 aromatic heterocycles. The number of nitrogens with one attached hydrogen (secondary N) is 3. The number of fused-ring (bicyclic) bond motifs is 1. The lowest BCUT2D eigenvalue weighted by molar-refractivity contribution is -0.130. The van der Waals surface area contributed by atoms with Gasteiger partial charge in [0.05, 0.1) is 23.2 Å². The number of aromatic nitrogens is 3. The number of amides is 2. The molecular formula is C27H28N6O5S. The Morgan fingerprint density at radius 2 is 2.00 bits per heavy atom. The highest BCUT2D eigenvalue weighted by atomic mass is 32.2. The molecule has 4 atom stereocenters. The molecule has 0 radical (unpaired) electrons. The van der Waals surface area contributed by atoms with Gasteiger partial charge in [0.1, 0.15) is 17.3 Å². The van der Waals surface area contributed by atoms with Crippen molar-refractivity contribution in [2.75, 3.05) is 6.54 Å². The molecule has 2 amide bonds. The Hall–Kier alpha value is -3.90. The predicted molar refractivity (Wildman–Crippen MR) is 143 cm³/mol. The molecule has 3 aliphatic rings. The number of carbonyl (C=O) groups excluding carboxylic acids is 2. The van der Waals surface area contributed by atoms with Gasteiger partial charge in [-0.15, -0.1) is 6.58 Å². The lowest BCUT2D eigenvalue weighted by Crippen LogP contribution is -2.55. The largest absolute Gasteiger partial charge is 0.472 e. The monoisotopic (exact) mass is 548 g/mol. The predicted octanol–water partition coefficient (Wildman–Crippen LogP) is 1.47. The zero-order valence-corrected chi connectivity index (χ0v) is 21.9. The van der Waals surface area contributed by atoms with E-state index in [1.54, 1.807) is 24.7 Å². The van der Waals surface area contributed by atoms with Crippen LogP contribution in [0.25, 0.3) is 22.2 Å². The van der Waals surface area contributed by atoms with Crippen molar-refractivity contribution in [3.05, 3.63) is 61.6 Å². The Bertz CT molecular complexity index is 1560. The molecule has 1 saturated heterocycles. The van der Waals surface area contributed by atoms with Gasteiger partial charge in [0.15, 0.2) is 0 Å². The molecule has 3 heterocycles. The maximum Gasteiger partial charge on any atom is 0.259 e. The van der Waals surface area contributed by atoms with Crippen LogP contribution in [0.1, 0.15) is 25.7 Å². The van der Waals surface area contributed by atoms with E-state index in [0.717, 1.165) is 10.8 Å². The Balaban J connectivity index is 1.15. The normalized spacial score (nSPS) is 26.1. The minimum atomic E-state index is -3.74. The molecule has 4 unspecified atom stereocenters. The molecule has 12 heteroatoms. The van der Waals surface area contributed by atoms with Crippen LogP contribution in [-0.2, 0) is 19.6 Å². The van der Waals surface area contributed by atoms with Crippen LogP contribution in [-0.4, -0.2) is 64.7 Å². The summed E-state index contributed by atoms with van der Waals surface area (Å²) in [7, 11) is -3.74. The third kappa shape index (κ3) is 4.97. The van der Waals surface area contributed by atoms with E-state index >= 15 is 0 Å². The SMILES string of the molecule is C=CC1CC1(NC(=O)C1CC(Oc2nc(-c3cnccn3)cc3ccccc23)CN1)C(=O)NS(=O)(=O)C1CC1. The van der Waals surface area contributed by atoms with Crippen molar-refractivity contribution in [2.24, 2.45) is 5.92 Å². The van der Waals surface area contributed by atoms with Crippen LogP contribution < -0.4 is 20.1 Å². The summed E-state index contributed by atoms with van der Waals surface area (Å²) in [5, 5.41) is 7.18. The summed E-state index contributed by atoms with van der Waals surface area (Å²) in [4.78, 5) is 39.3. The third-order valence-electron chi connectivity index (χ3n) is 7.47. The van der Waals surface area contributed by atoms with Crippen molar-refractivity contribution in [2.45, 2.75) is 48.6 Å². The lowest BCUT2D eigenvalue weighted by Gasteiger charge is -2.21. The van der Waals surface area contributed by atoms with Gasteiger partial charge in [0, 0.05) is 36.7 Å². The highest BCUT2D eigenvalue weighted by molar-refractivity contribution is 7.91. The minimum Gasteiger partial charge on any atom is -0.472 e. The summed E-state index contributed by atoms with van der Waals surface area (Å²) < 4.78 is 33.1. The molecule has 1 aromatic carbocycles. The second-order valence-electron chi connectivity index (χ2n) is 10.2. The van der Waals surface area contributed by atoms with Gasteiger partial charge in [-0.1, -0.05) is 24.3 Å². The first-order chi connectivity index (χ1) is 18.8. The number of pyridine rings is 1. The van der Waals surface area contributed by atoms with Gasteiger partial charge < -0.3 is 15.4 Å². The quantitative estimate of drug-likeness (QED) is 0.338. The molecule has 2 saturated carbocycles. The standard InChI is InChI=1S/C27H28N6O5S/c1-2-17-13-27(17,26(35)33-39(36,37)19-7-8-19)32-24(34)22-12-18(14-30-22)38-25-20-6-4-3-5-16(20)11-21(31-25)23-15-28-9-10-29-23/h2-6,9-11,15,17-19,22,30H,1,7-8,12-14H2,(H,32,34)(H,33,35). The van der Waals surface area contributed by atoms with Crippen molar-refractivity contribution in [3.63, 3.8) is 0 Å². The Kier molecular flexibility index (Phi) is 6.31. The first-order valence-corrected chi connectivity index (χ1v) is 14.4. The van der Waals surface area contributed by atoms with E-state index < -0.39 is 38.7 Å². The second kappa shape index (κ2) is 9.69. The molecule has 1 aliphatic heterocycles. The molecule has 0 bridgehead atoms. The molecule has 6 rings (SSSR count). The molecule has 202 valence electrons. The number of benzene rings is 1. The molecule has 39 heavy (non-hydrogen) atoms. The second-order valence-corrected chi connectivity index (χ2v) is 12.2. The highest BCUT2D eigenvalue weighted by Crippen LogP contribution is 2.45. The number of sulfonamides is 1. The van der Waals surface area contributed by atoms with E-state index in [1.165, 1.54) is 0 Å². The van der Waals surface area contributed by atoms with Crippen molar-refractivity contribution in [1.29, 1.82) is 0 Å². The fraction of sp³-hybridized carbons (Fsp3) is 0.370. The topological polar surface area (TPSA) is 152 Å². The number of rotatable bonds is 9. The summed E-state index contributed by atoms with van der Waals surface area (Å²) in [5.41, 5.74) is -0.0803. The third-order valence-corrected chi connectivity index (χ3v) is 9.28. The number of hydrogen-bond donors (Lipinski definition) is 3. The van der Waals surface area contributed by atoms with Gasteiger partial charge in [-0.3, -0.25) is 24.3 Å². The van der Waals surface area contributed by atoms with Crippen LogP contribution in [0.15, 0.2) is 61.6 Å². The van der Waals surface area contributed by atoms with Crippen molar-refractivity contribution in [3.8, 4) is 17.3 Å². The smallest absolute Gasteiger partial charge is 0.259 e. The molecule has 0 spiro atoms. The summed E-state index contributed by atoms with van der Waals surface area (Å²) in [6.07, 6.45) is 7.74. The van der Waals surface area contributed by atoms with Gasteiger partial charge in [0.25, 0.3) is 5.91 Å². The molecule has 3 aromatic rings. The van der Waals surface area contributed by atoms with Crippen LogP contribution in [0.3, 0.4) is 0 Å². The average Bonchev–Trinajstić information content (AvgIpc) is 3.86. The first-order valence-electron chi connectivity index (χ1n) is 12.9. The zero-order valence-electron chi connectivity index (χ0n) is 21.0. The molecular weight excluding hydrogens is 520 g/mol. The van der Waals surface area contributed by atoms with Gasteiger partial charge >= 0.3 is 0 Å². The molecule has 3 fully saturated rings. The number of ether oxygens (including phenoxy) is 1. The molecule has 2 aliphatic carbocycles. The maximum absolute atomic E-state index is 13.2. The summed E-state index contributed by atoms with van der Waals surface area (Å²) >= 11 is 0. The van der Waals surface area contributed by atoms with E-state index in [1.807, 2.05) is 30.3 Å². The van der Waals surface area contributed by atoms with Crippen LogP contribution in [0.5, 0.6) is 5.88 Å². The van der Waals surface area contributed by atoms with Crippen LogP contribution >= 0.6 is 0 Å².